The highest BCUT2D eigenvalue weighted by atomic mass is 32.2. The monoisotopic (exact) mass is 414 g/mol. The van der Waals surface area contributed by atoms with E-state index in [9.17, 15) is 8.42 Å². The van der Waals surface area contributed by atoms with Gasteiger partial charge in [-0.25, -0.2) is 13.8 Å². The van der Waals surface area contributed by atoms with Gasteiger partial charge in [0.05, 0.1) is 11.4 Å². The predicted molar refractivity (Wildman–Crippen MR) is 120 cm³/mol. The van der Waals surface area contributed by atoms with Gasteiger partial charge < -0.3 is 0 Å². The van der Waals surface area contributed by atoms with Gasteiger partial charge in [-0.15, -0.1) is 10.8 Å². The molecule has 0 radical (unpaired) electrons. The molecule has 1 atom stereocenters. The molecule has 150 valence electrons. The van der Waals surface area contributed by atoms with Crippen LogP contribution in [0.1, 0.15) is 22.7 Å². The fourth-order valence-electron chi connectivity index (χ4n) is 2.78. The van der Waals surface area contributed by atoms with Crippen molar-refractivity contribution in [3.8, 4) is 24.2 Å². The molecule has 30 heavy (non-hydrogen) atoms. The van der Waals surface area contributed by atoms with Crippen LogP contribution in [0.2, 0.25) is 0 Å². The summed E-state index contributed by atoms with van der Waals surface area (Å²) in [5.74, 6) is 8.66. The minimum absolute atomic E-state index is 0.132. The summed E-state index contributed by atoms with van der Waals surface area (Å²) in [7, 11) is -3.85. The van der Waals surface area contributed by atoms with Crippen LogP contribution in [0.3, 0.4) is 0 Å². The van der Waals surface area contributed by atoms with Crippen LogP contribution in [0.25, 0.3) is 0 Å². The average Bonchev–Trinajstić information content (AvgIpc) is 2.77. The van der Waals surface area contributed by atoms with Crippen molar-refractivity contribution >= 4 is 10.0 Å². The van der Waals surface area contributed by atoms with Crippen molar-refractivity contribution in [3.05, 3.63) is 102 Å². The Labute approximate surface area is 178 Å². The van der Waals surface area contributed by atoms with Crippen LogP contribution in [-0.4, -0.2) is 19.4 Å². The minimum Gasteiger partial charge on any atom is -0.221 e. The third kappa shape index (κ3) is 5.37. The van der Waals surface area contributed by atoms with Gasteiger partial charge in [-0.2, -0.15) is 0 Å². The fourth-order valence-corrected chi connectivity index (χ4v) is 4.00. The molecule has 0 spiro atoms. The number of sulfonamides is 1. The Morgan fingerprint density at radius 2 is 1.53 bits per heavy atom. The quantitative estimate of drug-likeness (QED) is 0.491. The number of nitrogens with one attached hydrogen (secondary N) is 1. The highest BCUT2D eigenvalue weighted by molar-refractivity contribution is 7.89. The molecule has 0 saturated carbocycles. The van der Waals surface area contributed by atoms with Crippen molar-refractivity contribution in [3.63, 3.8) is 0 Å². The van der Waals surface area contributed by atoms with Crippen molar-refractivity contribution in [1.29, 1.82) is 0 Å². The first kappa shape index (κ1) is 21.4. The molecule has 1 unspecified atom stereocenters. The molecular formula is C25H22N2O2S. The summed E-state index contributed by atoms with van der Waals surface area (Å²) in [4.78, 5) is 0.165. The largest absolute Gasteiger partial charge is 0.256 e. The second-order valence-corrected chi connectivity index (χ2v) is 8.50. The topological polar surface area (TPSA) is 49.4 Å². The molecule has 0 fully saturated rings. The molecule has 1 N–H and O–H groups in total. The first-order chi connectivity index (χ1) is 14.5. The SMILES string of the molecule is C#CCN(NC(C#Cc1ccccc1)c1ccccc1)S(=O)(=O)c1ccc(C)cc1. The molecule has 3 rings (SSSR count). The second kappa shape index (κ2) is 9.91. The third-order valence-corrected chi connectivity index (χ3v) is 6.07. The van der Waals surface area contributed by atoms with Gasteiger partial charge in [0.1, 0.15) is 6.04 Å². The van der Waals surface area contributed by atoms with Crippen LogP contribution in [-0.2, 0) is 10.0 Å². The van der Waals surface area contributed by atoms with E-state index in [1.807, 2.05) is 67.6 Å². The number of benzene rings is 3. The smallest absolute Gasteiger partial charge is 0.221 e. The first-order valence-electron chi connectivity index (χ1n) is 9.41. The van der Waals surface area contributed by atoms with E-state index in [0.717, 1.165) is 21.1 Å². The maximum Gasteiger partial charge on any atom is 0.256 e. The number of aryl methyl sites for hydroxylation is 1. The van der Waals surface area contributed by atoms with Gasteiger partial charge in [0.2, 0.25) is 0 Å². The van der Waals surface area contributed by atoms with Crippen LogP contribution in [0.15, 0.2) is 89.8 Å². The van der Waals surface area contributed by atoms with Crippen LogP contribution in [0, 0.1) is 31.1 Å². The molecule has 0 aliphatic heterocycles. The van der Waals surface area contributed by atoms with Crippen molar-refractivity contribution in [2.24, 2.45) is 0 Å². The molecule has 0 bridgehead atoms. The van der Waals surface area contributed by atoms with Crippen LogP contribution < -0.4 is 5.43 Å². The Morgan fingerprint density at radius 3 is 2.13 bits per heavy atom. The third-order valence-electron chi connectivity index (χ3n) is 4.38. The zero-order chi connectivity index (χ0) is 21.4. The van der Waals surface area contributed by atoms with Crippen molar-refractivity contribution in [1.82, 2.24) is 9.84 Å². The van der Waals surface area contributed by atoms with E-state index in [-0.39, 0.29) is 11.4 Å². The van der Waals surface area contributed by atoms with Crippen LogP contribution in [0.4, 0.5) is 0 Å². The van der Waals surface area contributed by atoms with E-state index in [2.05, 4.69) is 23.2 Å². The second-order valence-electron chi connectivity index (χ2n) is 6.64. The van der Waals surface area contributed by atoms with Gasteiger partial charge in [0.15, 0.2) is 0 Å². The van der Waals surface area contributed by atoms with Gasteiger partial charge in [0, 0.05) is 5.56 Å². The number of hydrazine groups is 1. The summed E-state index contributed by atoms with van der Waals surface area (Å²) in [5.41, 5.74) is 5.67. The molecular weight excluding hydrogens is 392 g/mol. The Balaban J connectivity index is 1.97. The summed E-state index contributed by atoms with van der Waals surface area (Å²) >= 11 is 0. The van der Waals surface area contributed by atoms with Crippen molar-refractivity contribution in [2.75, 3.05) is 6.54 Å². The summed E-state index contributed by atoms with van der Waals surface area (Å²) in [6.07, 6.45) is 5.48. The number of hydrogen-bond donors (Lipinski definition) is 1. The van der Waals surface area contributed by atoms with Crippen molar-refractivity contribution in [2.45, 2.75) is 17.9 Å². The molecule has 0 heterocycles. The Hall–Kier alpha value is -3.35. The molecule has 3 aromatic carbocycles. The van der Waals surface area contributed by atoms with E-state index < -0.39 is 16.1 Å². The summed E-state index contributed by atoms with van der Waals surface area (Å²) < 4.78 is 27.5. The van der Waals surface area contributed by atoms with Crippen LogP contribution >= 0.6 is 0 Å². The lowest BCUT2D eigenvalue weighted by Crippen LogP contribution is -2.44. The van der Waals surface area contributed by atoms with Gasteiger partial charge in [-0.3, -0.25) is 0 Å². The molecule has 5 heteroatoms. The van der Waals surface area contributed by atoms with Gasteiger partial charge in [-0.1, -0.05) is 84.0 Å². The molecule has 0 aliphatic rings. The van der Waals surface area contributed by atoms with Gasteiger partial charge in [0.25, 0.3) is 10.0 Å². The zero-order valence-corrected chi connectivity index (χ0v) is 17.4. The average molecular weight is 415 g/mol. The van der Waals surface area contributed by atoms with E-state index in [4.69, 9.17) is 6.42 Å². The number of rotatable bonds is 6. The van der Waals surface area contributed by atoms with Crippen LogP contribution in [0.5, 0.6) is 0 Å². The summed E-state index contributed by atoms with van der Waals surface area (Å²) in [5, 5.41) is 0. The molecule has 0 aliphatic carbocycles. The molecule has 0 amide bonds. The maximum absolute atomic E-state index is 13.2. The predicted octanol–water partition coefficient (Wildman–Crippen LogP) is 3.92. The summed E-state index contributed by atoms with van der Waals surface area (Å²) in [6.45, 7) is 1.77. The van der Waals surface area contributed by atoms with Gasteiger partial charge >= 0.3 is 0 Å². The number of terminal acetylenes is 1. The maximum atomic E-state index is 13.2. The first-order valence-corrected chi connectivity index (χ1v) is 10.9. The highest BCUT2D eigenvalue weighted by Gasteiger charge is 2.26. The molecule has 3 aromatic rings. The number of hydrogen-bond acceptors (Lipinski definition) is 3. The Kier molecular flexibility index (Phi) is 7.06. The zero-order valence-electron chi connectivity index (χ0n) is 16.6. The fraction of sp³-hybridized carbons (Fsp3) is 0.120. The molecule has 0 saturated heterocycles. The lowest BCUT2D eigenvalue weighted by Gasteiger charge is -2.25. The van der Waals surface area contributed by atoms with E-state index >= 15 is 0 Å². The molecule has 4 nitrogen and oxygen atoms in total. The van der Waals surface area contributed by atoms with Gasteiger partial charge in [-0.05, 0) is 36.8 Å². The van der Waals surface area contributed by atoms with E-state index in [0.29, 0.717) is 0 Å². The highest BCUT2D eigenvalue weighted by Crippen LogP contribution is 2.19. The lowest BCUT2D eigenvalue weighted by atomic mass is 10.1. The Bertz CT molecular complexity index is 1170. The normalized spacial score (nSPS) is 11.9. The molecule has 0 aromatic heterocycles. The standard InChI is InChI=1S/C25H22N2O2S/c1-3-20-27(30(28,29)24-17-14-21(2)15-18-24)26-25(23-12-8-5-9-13-23)19-16-22-10-6-4-7-11-22/h1,4-15,17-18,25-26H,20H2,2H3. The lowest BCUT2D eigenvalue weighted by molar-refractivity contribution is 0.324. The van der Waals surface area contributed by atoms with E-state index in [1.54, 1.807) is 24.3 Å². The van der Waals surface area contributed by atoms with E-state index in [1.165, 1.54) is 0 Å². The minimum atomic E-state index is -3.85. The van der Waals surface area contributed by atoms with Crippen molar-refractivity contribution < 1.29 is 8.42 Å². The summed E-state index contributed by atoms with van der Waals surface area (Å²) in [6, 6.07) is 25.1. The number of nitrogens with zero attached hydrogens (tertiary/aromatic N) is 1. The Morgan fingerprint density at radius 1 is 0.933 bits per heavy atom.